The molecule has 0 aliphatic carbocycles. The molecule has 2 heterocycles. The van der Waals surface area contributed by atoms with Crippen molar-refractivity contribution in [2.75, 3.05) is 12.5 Å². The van der Waals surface area contributed by atoms with Crippen LogP contribution in [0.3, 0.4) is 0 Å². The van der Waals surface area contributed by atoms with Crippen molar-refractivity contribution in [3.05, 3.63) is 72.2 Å². The Hall–Kier alpha value is -4.27. The van der Waals surface area contributed by atoms with Crippen molar-refractivity contribution >= 4 is 29.0 Å². The van der Waals surface area contributed by atoms with Crippen molar-refractivity contribution in [3.63, 3.8) is 0 Å². The van der Waals surface area contributed by atoms with Gasteiger partial charge in [-0.15, -0.1) is 0 Å². The number of nitrogens with zero attached hydrogens (tertiary/aromatic N) is 5. The van der Waals surface area contributed by atoms with Crippen molar-refractivity contribution in [2.24, 2.45) is 5.10 Å². The summed E-state index contributed by atoms with van der Waals surface area (Å²) in [4.78, 5) is 19.5. The zero-order chi connectivity index (χ0) is 20.2. The number of aromatic nitrogens is 4. The molecule has 2 aromatic heterocycles. The molecule has 4 aromatic rings. The number of carboxylic acid groups (broad SMARTS) is 1. The van der Waals surface area contributed by atoms with E-state index >= 15 is 0 Å². The first kappa shape index (κ1) is 18.1. The van der Waals surface area contributed by atoms with Gasteiger partial charge >= 0.3 is 5.97 Å². The Morgan fingerprint density at radius 2 is 2.03 bits per heavy atom. The molecule has 0 saturated heterocycles. The molecular weight excluding hydrogens is 372 g/mol. The Balaban J connectivity index is 1.58. The van der Waals surface area contributed by atoms with Crippen LogP contribution in [0.25, 0.3) is 16.7 Å². The summed E-state index contributed by atoms with van der Waals surface area (Å²) in [6.07, 6.45) is 4.67. The number of hydrogen-bond acceptors (Lipinski definition) is 7. The highest BCUT2D eigenvalue weighted by atomic mass is 16.5. The predicted molar refractivity (Wildman–Crippen MR) is 108 cm³/mol. The molecule has 0 radical (unpaired) electrons. The fraction of sp³-hybridized carbons (Fsp3) is 0.0500. The molecule has 9 nitrogen and oxygen atoms in total. The van der Waals surface area contributed by atoms with Crippen LogP contribution >= 0.6 is 0 Å². The number of hydrogen-bond donors (Lipinski definition) is 2. The van der Waals surface area contributed by atoms with Gasteiger partial charge in [0, 0.05) is 6.07 Å². The highest BCUT2D eigenvalue weighted by Crippen LogP contribution is 2.23. The molecular formula is C20H16N6O3. The molecule has 0 spiro atoms. The minimum atomic E-state index is -0.969. The number of rotatable bonds is 6. The average molecular weight is 388 g/mol. The van der Waals surface area contributed by atoms with E-state index in [1.54, 1.807) is 36.3 Å². The van der Waals surface area contributed by atoms with Gasteiger partial charge in [0.1, 0.15) is 12.1 Å². The SMILES string of the molecule is COc1cccc(-n2ncc3c(N/N=C/c4ccc(C(=O)O)cc4)ncnc32)c1. The molecule has 29 heavy (non-hydrogen) atoms. The van der Waals surface area contributed by atoms with Gasteiger partial charge in [0.15, 0.2) is 11.5 Å². The molecule has 0 atom stereocenters. The zero-order valence-electron chi connectivity index (χ0n) is 15.4. The third-order valence-corrected chi connectivity index (χ3v) is 4.21. The molecule has 0 bridgehead atoms. The lowest BCUT2D eigenvalue weighted by Crippen LogP contribution is -2.00. The summed E-state index contributed by atoms with van der Waals surface area (Å²) >= 11 is 0. The minimum absolute atomic E-state index is 0.220. The van der Waals surface area contributed by atoms with Crippen LogP contribution < -0.4 is 10.2 Å². The maximum absolute atomic E-state index is 10.9. The summed E-state index contributed by atoms with van der Waals surface area (Å²) in [6.45, 7) is 0. The molecule has 144 valence electrons. The third-order valence-electron chi connectivity index (χ3n) is 4.21. The van der Waals surface area contributed by atoms with Crippen LogP contribution in [0.1, 0.15) is 15.9 Å². The van der Waals surface area contributed by atoms with Crippen LogP contribution in [0.2, 0.25) is 0 Å². The summed E-state index contributed by atoms with van der Waals surface area (Å²) < 4.78 is 6.96. The van der Waals surface area contributed by atoms with Crippen LogP contribution in [0, 0.1) is 0 Å². The number of methoxy groups -OCH3 is 1. The van der Waals surface area contributed by atoms with E-state index in [1.165, 1.54) is 18.5 Å². The number of ether oxygens (including phenoxy) is 1. The summed E-state index contributed by atoms with van der Waals surface area (Å²) in [5.74, 6) is 0.252. The molecule has 9 heteroatoms. The van der Waals surface area contributed by atoms with Gasteiger partial charge in [0.05, 0.1) is 36.2 Å². The van der Waals surface area contributed by atoms with Gasteiger partial charge < -0.3 is 9.84 Å². The van der Waals surface area contributed by atoms with Crippen LogP contribution in [-0.2, 0) is 0 Å². The summed E-state index contributed by atoms with van der Waals surface area (Å²) in [5.41, 5.74) is 5.29. The van der Waals surface area contributed by atoms with E-state index in [9.17, 15) is 4.79 Å². The maximum atomic E-state index is 10.9. The van der Waals surface area contributed by atoms with Crippen molar-refractivity contribution in [3.8, 4) is 11.4 Å². The fourth-order valence-electron chi connectivity index (χ4n) is 2.74. The summed E-state index contributed by atoms with van der Waals surface area (Å²) in [6, 6.07) is 13.9. The highest BCUT2D eigenvalue weighted by molar-refractivity contribution is 5.90. The highest BCUT2D eigenvalue weighted by Gasteiger charge is 2.11. The Kier molecular flexibility index (Phi) is 4.85. The van der Waals surface area contributed by atoms with E-state index in [-0.39, 0.29) is 5.56 Å². The standard InChI is InChI=1S/C20H16N6O3/c1-29-16-4-2-3-15(9-16)26-19-17(11-24-26)18(21-12-22-19)25-23-10-13-5-7-14(8-6-13)20(27)28/h2-12H,1H3,(H,27,28)(H,21,22,25)/b23-10+. The monoisotopic (exact) mass is 388 g/mol. The molecule has 4 rings (SSSR count). The molecule has 0 amide bonds. The second-order valence-corrected chi connectivity index (χ2v) is 6.01. The van der Waals surface area contributed by atoms with E-state index in [1.807, 2.05) is 24.3 Å². The van der Waals surface area contributed by atoms with Gasteiger partial charge in [-0.05, 0) is 29.8 Å². The Labute approximate surface area is 165 Å². The number of aromatic carboxylic acids is 1. The smallest absolute Gasteiger partial charge is 0.335 e. The Morgan fingerprint density at radius 1 is 1.21 bits per heavy atom. The van der Waals surface area contributed by atoms with Crippen LogP contribution in [0.4, 0.5) is 5.82 Å². The van der Waals surface area contributed by atoms with Crippen LogP contribution in [0.5, 0.6) is 5.75 Å². The topological polar surface area (TPSA) is 115 Å². The number of benzene rings is 2. The van der Waals surface area contributed by atoms with E-state index in [0.717, 1.165) is 17.0 Å². The molecule has 2 aromatic carbocycles. The third kappa shape index (κ3) is 3.74. The van der Waals surface area contributed by atoms with Gasteiger partial charge in [0.2, 0.25) is 0 Å². The number of anilines is 1. The molecule has 0 aliphatic rings. The quantitative estimate of drug-likeness (QED) is 0.385. The van der Waals surface area contributed by atoms with Gasteiger partial charge in [-0.3, -0.25) is 5.43 Å². The fourth-order valence-corrected chi connectivity index (χ4v) is 2.74. The Bertz CT molecular complexity index is 1200. The summed E-state index contributed by atoms with van der Waals surface area (Å²) in [7, 11) is 1.61. The molecule has 0 saturated carbocycles. The lowest BCUT2D eigenvalue weighted by atomic mass is 10.1. The van der Waals surface area contributed by atoms with Gasteiger partial charge in [-0.25, -0.2) is 19.4 Å². The first-order valence-corrected chi connectivity index (χ1v) is 8.61. The number of fused-ring (bicyclic) bond motifs is 1. The lowest BCUT2D eigenvalue weighted by Gasteiger charge is -2.06. The number of carboxylic acids is 1. The minimum Gasteiger partial charge on any atom is -0.497 e. The number of hydrazone groups is 1. The lowest BCUT2D eigenvalue weighted by molar-refractivity contribution is 0.0697. The largest absolute Gasteiger partial charge is 0.497 e. The summed E-state index contributed by atoms with van der Waals surface area (Å²) in [5, 5.41) is 18.2. The molecule has 0 unspecified atom stereocenters. The first-order valence-electron chi connectivity index (χ1n) is 8.61. The zero-order valence-corrected chi connectivity index (χ0v) is 15.4. The Morgan fingerprint density at radius 3 is 2.79 bits per heavy atom. The second kappa shape index (κ2) is 7.77. The normalized spacial score (nSPS) is 11.1. The van der Waals surface area contributed by atoms with E-state index in [0.29, 0.717) is 16.9 Å². The van der Waals surface area contributed by atoms with Crippen molar-refractivity contribution in [1.29, 1.82) is 0 Å². The number of nitrogens with one attached hydrogen (secondary N) is 1. The molecule has 0 aliphatic heterocycles. The van der Waals surface area contributed by atoms with Crippen LogP contribution in [-0.4, -0.2) is 44.1 Å². The predicted octanol–water partition coefficient (Wildman–Crippen LogP) is 2.97. The van der Waals surface area contributed by atoms with Gasteiger partial charge in [0.25, 0.3) is 0 Å². The second-order valence-electron chi connectivity index (χ2n) is 6.01. The van der Waals surface area contributed by atoms with Crippen molar-refractivity contribution in [2.45, 2.75) is 0 Å². The van der Waals surface area contributed by atoms with Crippen LogP contribution in [0.15, 0.2) is 66.2 Å². The molecule has 0 fully saturated rings. The van der Waals surface area contributed by atoms with E-state index in [2.05, 4.69) is 25.6 Å². The van der Waals surface area contributed by atoms with E-state index < -0.39 is 5.97 Å². The van der Waals surface area contributed by atoms with Gasteiger partial charge in [-0.1, -0.05) is 18.2 Å². The first-order chi connectivity index (χ1) is 14.2. The molecule has 2 N–H and O–H groups in total. The average Bonchev–Trinajstić information content (AvgIpc) is 3.19. The van der Waals surface area contributed by atoms with Crippen molar-refractivity contribution < 1.29 is 14.6 Å². The number of carbonyl (C=O) groups is 1. The van der Waals surface area contributed by atoms with E-state index in [4.69, 9.17) is 9.84 Å². The van der Waals surface area contributed by atoms with Gasteiger partial charge in [-0.2, -0.15) is 10.2 Å². The maximum Gasteiger partial charge on any atom is 0.335 e. The van der Waals surface area contributed by atoms with Crippen molar-refractivity contribution in [1.82, 2.24) is 19.7 Å².